The summed E-state index contributed by atoms with van der Waals surface area (Å²) >= 11 is 3.66. The maximum Gasteiger partial charge on any atom is 0.240 e. The lowest BCUT2D eigenvalue weighted by atomic mass is 10.0. The Labute approximate surface area is 456 Å². The first kappa shape index (κ1) is 44.7. The van der Waals surface area contributed by atoms with E-state index in [1.54, 1.807) is 11.3 Å². The van der Waals surface area contributed by atoms with Crippen LogP contribution in [0.4, 0.5) is 0 Å². The van der Waals surface area contributed by atoms with Gasteiger partial charge in [0.05, 0.1) is 39.1 Å². The van der Waals surface area contributed by atoms with Crippen molar-refractivity contribution >= 4 is 125 Å². The first-order valence-corrected chi connectivity index (χ1v) is 28.0. The average Bonchev–Trinajstić information content (AvgIpc) is 4.50. The summed E-state index contributed by atoms with van der Waals surface area (Å²) in [6.07, 6.45) is 12.7. The van der Waals surface area contributed by atoms with Crippen LogP contribution < -0.4 is 0 Å². The third-order valence-corrected chi connectivity index (χ3v) is 18.1. The molecule has 78 heavy (non-hydrogen) atoms. The first-order valence-electron chi connectivity index (χ1n) is 26.4. The van der Waals surface area contributed by atoms with Crippen molar-refractivity contribution in [2.24, 2.45) is 0 Å². The fourth-order valence-electron chi connectivity index (χ4n) is 12.3. The molecule has 0 saturated heterocycles. The minimum absolute atomic E-state index is 0.497. The highest BCUT2D eigenvalue weighted by Crippen LogP contribution is 2.48. The molecular weight excluding hydrogens is 991 g/mol. The number of hydrogen-bond donors (Lipinski definition) is 0. The van der Waals surface area contributed by atoms with Crippen LogP contribution in [0.5, 0.6) is 0 Å². The van der Waals surface area contributed by atoms with Gasteiger partial charge in [0.2, 0.25) is 11.9 Å². The van der Waals surface area contributed by atoms with Gasteiger partial charge in [-0.05, 0) is 109 Å². The number of para-hydroxylation sites is 4. The molecule has 0 bridgehead atoms. The minimum Gasteiger partial charge on any atom is -0.294 e. The Morgan fingerprint density at radius 1 is 0.487 bits per heavy atom. The predicted molar refractivity (Wildman–Crippen MR) is 330 cm³/mol. The molecule has 1 aliphatic carbocycles. The van der Waals surface area contributed by atoms with Crippen LogP contribution in [0, 0.1) is 0 Å². The molecule has 0 spiro atoms. The van der Waals surface area contributed by atoms with E-state index >= 15 is 0 Å². The Morgan fingerprint density at radius 3 is 1.81 bits per heavy atom. The molecule has 0 unspecified atom stereocenters. The van der Waals surface area contributed by atoms with Crippen molar-refractivity contribution in [1.29, 1.82) is 0 Å². The van der Waals surface area contributed by atoms with Crippen LogP contribution in [0.15, 0.2) is 207 Å². The Kier molecular flexibility index (Phi) is 10.0. The second-order valence-electron chi connectivity index (χ2n) is 20.0. The maximum atomic E-state index is 5.63. The number of aromatic nitrogens is 7. The van der Waals surface area contributed by atoms with E-state index in [2.05, 4.69) is 233 Å². The number of thiophene rings is 2. The molecule has 16 rings (SSSR count). The number of hydrogen-bond acceptors (Lipinski definition) is 6. The van der Waals surface area contributed by atoms with Crippen molar-refractivity contribution in [3.63, 3.8) is 0 Å². The van der Waals surface area contributed by atoms with Gasteiger partial charge in [-0.25, -0.2) is 4.98 Å². The zero-order valence-electron chi connectivity index (χ0n) is 42.4. The largest absolute Gasteiger partial charge is 0.294 e. The number of allylic oxidation sites excluding steroid dienone is 2. The topological polar surface area (TPSA) is 66.3 Å². The van der Waals surface area contributed by atoms with E-state index in [9.17, 15) is 0 Å². The smallest absolute Gasteiger partial charge is 0.240 e. The molecule has 0 radical (unpaired) electrons. The van der Waals surface area contributed by atoms with Gasteiger partial charge in [0.1, 0.15) is 5.82 Å². The summed E-state index contributed by atoms with van der Waals surface area (Å²) in [5.74, 6) is 2.45. The average molecular weight is 1040 g/mol. The highest BCUT2D eigenvalue weighted by molar-refractivity contribution is 7.28. The van der Waals surface area contributed by atoms with E-state index in [0.29, 0.717) is 17.7 Å². The molecule has 8 aromatic carbocycles. The van der Waals surface area contributed by atoms with E-state index in [4.69, 9.17) is 19.9 Å². The molecule has 15 aromatic rings. The van der Waals surface area contributed by atoms with Gasteiger partial charge in [0.15, 0.2) is 5.82 Å². The van der Waals surface area contributed by atoms with Crippen molar-refractivity contribution < 1.29 is 0 Å². The molecule has 0 N–H and O–H groups in total. The molecule has 0 saturated carbocycles. The normalized spacial score (nSPS) is 12.8. The lowest BCUT2D eigenvalue weighted by Crippen LogP contribution is -2.11. The second-order valence-corrected chi connectivity index (χ2v) is 22.1. The molecule has 1 aliphatic rings. The molecule has 0 amide bonds. The van der Waals surface area contributed by atoms with Crippen molar-refractivity contribution in [1.82, 2.24) is 33.6 Å². The Morgan fingerprint density at radius 2 is 1.09 bits per heavy atom. The number of benzene rings is 8. The summed E-state index contributed by atoms with van der Waals surface area (Å²) in [5.41, 5.74) is 13.9. The van der Waals surface area contributed by atoms with Crippen molar-refractivity contribution in [2.75, 3.05) is 0 Å². The lowest BCUT2D eigenvalue weighted by molar-refractivity contribution is 0.877. The van der Waals surface area contributed by atoms with Crippen molar-refractivity contribution in [3.8, 4) is 51.5 Å². The fraction of sp³-hybridized carbons (Fsp3) is 0.0435. The van der Waals surface area contributed by atoms with E-state index in [-0.39, 0.29) is 0 Å². The van der Waals surface area contributed by atoms with Crippen molar-refractivity contribution in [3.05, 3.63) is 229 Å². The summed E-state index contributed by atoms with van der Waals surface area (Å²) in [6, 6.07) is 67.5. The second kappa shape index (κ2) is 17.5. The van der Waals surface area contributed by atoms with E-state index < -0.39 is 0 Å². The fourth-order valence-corrected chi connectivity index (χ4v) is 14.8. The van der Waals surface area contributed by atoms with Crippen LogP contribution in [0.2, 0.25) is 0 Å². The molecule has 0 aliphatic heterocycles. The van der Waals surface area contributed by atoms with Gasteiger partial charge in [-0.2, -0.15) is 15.0 Å². The summed E-state index contributed by atoms with van der Waals surface area (Å²) in [5, 5.41) is 9.44. The van der Waals surface area contributed by atoms with E-state index in [1.165, 1.54) is 58.0 Å². The molecule has 0 atom stereocenters. The Balaban J connectivity index is 1.00. The lowest BCUT2D eigenvalue weighted by Gasteiger charge is -2.15. The zero-order chi connectivity index (χ0) is 51.6. The van der Waals surface area contributed by atoms with Crippen molar-refractivity contribution in [2.45, 2.75) is 19.8 Å². The van der Waals surface area contributed by atoms with Crippen LogP contribution in [-0.4, -0.2) is 33.6 Å². The van der Waals surface area contributed by atoms with Gasteiger partial charge in [-0.3, -0.25) is 13.7 Å². The molecule has 9 heteroatoms. The summed E-state index contributed by atoms with van der Waals surface area (Å²) in [7, 11) is 0. The van der Waals surface area contributed by atoms with Crippen LogP contribution in [0.1, 0.15) is 35.9 Å². The summed E-state index contributed by atoms with van der Waals surface area (Å²) < 4.78 is 11.5. The maximum absolute atomic E-state index is 5.63. The zero-order valence-corrected chi connectivity index (χ0v) is 44.0. The molecule has 7 heterocycles. The summed E-state index contributed by atoms with van der Waals surface area (Å²) in [4.78, 5) is 22.4. The van der Waals surface area contributed by atoms with Gasteiger partial charge in [0.25, 0.3) is 0 Å². The predicted octanol–water partition coefficient (Wildman–Crippen LogP) is 18.6. The quantitative estimate of drug-likeness (QED) is 0.152. The van der Waals surface area contributed by atoms with E-state index in [0.717, 1.165) is 95.0 Å². The van der Waals surface area contributed by atoms with Gasteiger partial charge < -0.3 is 0 Å². The van der Waals surface area contributed by atoms with E-state index in [1.807, 2.05) is 24.3 Å². The van der Waals surface area contributed by atoms with Gasteiger partial charge in [-0.15, -0.1) is 22.7 Å². The molecule has 7 nitrogen and oxygen atoms in total. The number of aryl methyl sites for hydroxylation is 1. The highest BCUT2D eigenvalue weighted by atomic mass is 32.1. The molecule has 368 valence electrons. The van der Waals surface area contributed by atoms with Crippen LogP contribution in [-0.2, 0) is 6.42 Å². The van der Waals surface area contributed by atoms with Crippen LogP contribution in [0.3, 0.4) is 0 Å². The highest BCUT2D eigenvalue weighted by Gasteiger charge is 2.26. The summed E-state index contributed by atoms with van der Waals surface area (Å²) in [6.45, 7) is 6.43. The van der Waals surface area contributed by atoms with Crippen LogP contribution >= 0.6 is 22.7 Å². The van der Waals surface area contributed by atoms with Gasteiger partial charge in [0, 0.05) is 78.6 Å². The third-order valence-electron chi connectivity index (χ3n) is 15.7. The number of pyridine rings is 1. The standard InChI is InChI=1S/C69H45N7S2/c1-3-20-44-45-23-10-15-33-59(45)75(56(44)4-2)68-71-67(72-69(73-68)76-60-34-16-11-26-48(60)49-27-12-17-35-61(49)76)54-38-42(55-30-19-36-64(70-55)74-57-31-13-8-24-46(57)47-25-9-14-32-58(47)74)37-53-52-40-62-51(39-63(52)78-66(53)54)50-29-18-28-43(65(50)77-62)41-21-6-5-7-22-41/h3-8,10-24,26-40H,2,9,25H2,1H3/b20-3-. The SMILES string of the molecule is C=Cc1c(/C=C\C)c2ccccc2n1-c1nc(-c2cc(-c3cccc(-n4c5c(c6ccccc64)CCC=C5)n3)cc3c2sc2cc4c(cc23)sc2c(-c3ccccc3)cccc24)nc(-n2c3ccccc3c3ccccc32)n1. The number of fused-ring (bicyclic) bond motifs is 13. The monoisotopic (exact) mass is 1040 g/mol. The van der Waals surface area contributed by atoms with Gasteiger partial charge >= 0.3 is 0 Å². The third kappa shape index (κ3) is 6.68. The number of rotatable bonds is 8. The first-order chi connectivity index (χ1) is 38.6. The molecule has 7 aromatic heterocycles. The Bertz CT molecular complexity index is 5030. The Hall–Kier alpha value is -9.54. The minimum atomic E-state index is 0.497. The number of nitrogens with zero attached hydrogens (tertiary/aromatic N) is 7. The molecule has 0 fully saturated rings. The van der Waals surface area contributed by atoms with Gasteiger partial charge in [-0.1, -0.05) is 152 Å². The van der Waals surface area contributed by atoms with Crippen LogP contribution in [0.25, 0.3) is 154 Å². The molecular formula is C69H45N7S2.